The lowest BCUT2D eigenvalue weighted by atomic mass is 10.2. The summed E-state index contributed by atoms with van der Waals surface area (Å²) >= 11 is 0. The molecule has 0 heterocycles. The van der Waals surface area contributed by atoms with E-state index in [9.17, 15) is 14.0 Å². The third-order valence-corrected chi connectivity index (χ3v) is 3.27. The molecule has 0 radical (unpaired) electrons. The third-order valence-electron chi connectivity index (χ3n) is 3.27. The minimum absolute atomic E-state index is 0.263. The van der Waals surface area contributed by atoms with E-state index in [-0.39, 0.29) is 6.54 Å². The molecular formula is C19H18FNO4. The SMILES string of the molecule is COc1ccccc1CNC(=O)COC(=O)/C=C/c1cccc(F)c1. The van der Waals surface area contributed by atoms with Crippen molar-refractivity contribution in [1.29, 1.82) is 0 Å². The number of hydrogen-bond acceptors (Lipinski definition) is 4. The van der Waals surface area contributed by atoms with Gasteiger partial charge in [-0.2, -0.15) is 0 Å². The number of amides is 1. The van der Waals surface area contributed by atoms with Gasteiger partial charge in [0.15, 0.2) is 6.61 Å². The predicted octanol–water partition coefficient (Wildman–Crippen LogP) is 2.71. The smallest absolute Gasteiger partial charge is 0.331 e. The molecule has 0 spiro atoms. The maximum absolute atomic E-state index is 13.0. The zero-order valence-corrected chi connectivity index (χ0v) is 13.7. The number of rotatable bonds is 7. The number of para-hydroxylation sites is 1. The second-order valence-electron chi connectivity index (χ2n) is 5.08. The normalized spacial score (nSPS) is 10.5. The maximum atomic E-state index is 13.0. The molecule has 25 heavy (non-hydrogen) atoms. The molecule has 0 aliphatic carbocycles. The average molecular weight is 343 g/mol. The Hall–Kier alpha value is -3.15. The van der Waals surface area contributed by atoms with Gasteiger partial charge in [-0.1, -0.05) is 30.3 Å². The van der Waals surface area contributed by atoms with Gasteiger partial charge in [0.05, 0.1) is 7.11 Å². The standard InChI is InChI=1S/C19H18FNO4/c1-24-17-8-3-2-6-15(17)12-21-18(22)13-25-19(23)10-9-14-5-4-7-16(20)11-14/h2-11H,12-13H2,1H3,(H,21,22)/b10-9+. The van der Waals surface area contributed by atoms with E-state index in [1.807, 2.05) is 18.2 Å². The van der Waals surface area contributed by atoms with Gasteiger partial charge in [0.1, 0.15) is 11.6 Å². The van der Waals surface area contributed by atoms with Gasteiger partial charge in [0, 0.05) is 18.2 Å². The van der Waals surface area contributed by atoms with E-state index in [4.69, 9.17) is 9.47 Å². The molecule has 0 atom stereocenters. The molecule has 1 amide bonds. The Balaban J connectivity index is 1.76. The summed E-state index contributed by atoms with van der Waals surface area (Å²) in [4.78, 5) is 23.3. The minimum Gasteiger partial charge on any atom is -0.496 e. The van der Waals surface area contributed by atoms with Crippen LogP contribution in [0.5, 0.6) is 5.75 Å². The van der Waals surface area contributed by atoms with E-state index in [1.54, 1.807) is 19.2 Å². The van der Waals surface area contributed by atoms with E-state index in [2.05, 4.69) is 5.32 Å². The lowest BCUT2D eigenvalue weighted by Crippen LogP contribution is -2.28. The molecule has 0 fully saturated rings. The van der Waals surface area contributed by atoms with Crippen LogP contribution in [0.25, 0.3) is 6.08 Å². The van der Waals surface area contributed by atoms with Crippen LogP contribution in [-0.2, 0) is 20.9 Å². The number of methoxy groups -OCH3 is 1. The van der Waals surface area contributed by atoms with Crippen LogP contribution >= 0.6 is 0 Å². The van der Waals surface area contributed by atoms with Crippen LogP contribution in [0.4, 0.5) is 4.39 Å². The molecular weight excluding hydrogens is 325 g/mol. The molecule has 1 N–H and O–H groups in total. The van der Waals surface area contributed by atoms with Crippen LogP contribution in [0.3, 0.4) is 0 Å². The Kier molecular flexibility index (Phi) is 6.71. The first-order chi connectivity index (χ1) is 12.1. The van der Waals surface area contributed by atoms with Gasteiger partial charge in [-0.3, -0.25) is 4.79 Å². The fourth-order valence-corrected chi connectivity index (χ4v) is 2.05. The summed E-state index contributed by atoms with van der Waals surface area (Å²) in [6.45, 7) is -0.138. The molecule has 2 aromatic rings. The number of halogens is 1. The van der Waals surface area contributed by atoms with Gasteiger partial charge in [0.25, 0.3) is 5.91 Å². The number of esters is 1. The van der Waals surface area contributed by atoms with E-state index < -0.39 is 24.3 Å². The van der Waals surface area contributed by atoms with Crippen LogP contribution in [0.15, 0.2) is 54.6 Å². The molecule has 2 rings (SSSR count). The van der Waals surface area contributed by atoms with Gasteiger partial charge in [-0.25, -0.2) is 9.18 Å². The second kappa shape index (κ2) is 9.22. The summed E-state index contributed by atoms with van der Waals surface area (Å²) < 4.78 is 23.0. The van der Waals surface area contributed by atoms with E-state index >= 15 is 0 Å². The number of hydrogen-bond donors (Lipinski definition) is 1. The van der Waals surface area contributed by atoms with Gasteiger partial charge < -0.3 is 14.8 Å². The number of benzene rings is 2. The van der Waals surface area contributed by atoms with E-state index in [0.29, 0.717) is 11.3 Å². The first-order valence-electron chi connectivity index (χ1n) is 7.57. The molecule has 6 heteroatoms. The Labute approximate surface area is 145 Å². The third kappa shape index (κ3) is 6.10. The largest absolute Gasteiger partial charge is 0.496 e. The molecule has 0 saturated heterocycles. The van der Waals surface area contributed by atoms with Crippen molar-refractivity contribution >= 4 is 18.0 Å². The first kappa shape index (κ1) is 18.2. The Morgan fingerprint density at radius 3 is 2.72 bits per heavy atom. The molecule has 2 aromatic carbocycles. The Morgan fingerprint density at radius 2 is 1.96 bits per heavy atom. The molecule has 130 valence electrons. The fraction of sp³-hybridized carbons (Fsp3) is 0.158. The molecule has 0 aliphatic rings. The van der Waals surface area contributed by atoms with E-state index in [1.165, 1.54) is 24.3 Å². The van der Waals surface area contributed by atoms with Crippen molar-refractivity contribution in [2.75, 3.05) is 13.7 Å². The summed E-state index contributed by atoms with van der Waals surface area (Å²) in [5.41, 5.74) is 1.34. The number of carbonyl (C=O) groups is 2. The van der Waals surface area contributed by atoms with Crippen LogP contribution < -0.4 is 10.1 Å². The Bertz CT molecular complexity index is 774. The van der Waals surface area contributed by atoms with Crippen LogP contribution in [0.1, 0.15) is 11.1 Å². The minimum atomic E-state index is -0.684. The first-order valence-corrected chi connectivity index (χ1v) is 7.57. The molecule has 5 nitrogen and oxygen atoms in total. The molecule has 0 unspecified atom stereocenters. The van der Waals surface area contributed by atoms with Crippen molar-refractivity contribution in [3.05, 3.63) is 71.6 Å². The maximum Gasteiger partial charge on any atom is 0.331 e. The summed E-state index contributed by atoms with van der Waals surface area (Å²) in [5.74, 6) is -0.848. The quantitative estimate of drug-likeness (QED) is 0.620. The van der Waals surface area contributed by atoms with Crippen molar-refractivity contribution in [2.45, 2.75) is 6.54 Å². The summed E-state index contributed by atoms with van der Waals surface area (Å²) in [6, 6.07) is 13.0. The predicted molar refractivity (Wildman–Crippen MR) is 91.2 cm³/mol. The molecule has 0 bridgehead atoms. The summed E-state index contributed by atoms with van der Waals surface area (Å²) in [5, 5.41) is 2.64. The topological polar surface area (TPSA) is 64.6 Å². The number of carbonyl (C=O) groups excluding carboxylic acids is 2. The van der Waals surface area contributed by atoms with Crippen LogP contribution in [-0.4, -0.2) is 25.6 Å². The monoisotopic (exact) mass is 343 g/mol. The lowest BCUT2D eigenvalue weighted by Gasteiger charge is -2.09. The van der Waals surface area contributed by atoms with E-state index in [0.717, 1.165) is 11.6 Å². The number of nitrogens with one attached hydrogen (secondary N) is 1. The van der Waals surface area contributed by atoms with Gasteiger partial charge >= 0.3 is 5.97 Å². The molecule has 0 aliphatic heterocycles. The van der Waals surface area contributed by atoms with Gasteiger partial charge in [0.2, 0.25) is 0 Å². The number of ether oxygens (including phenoxy) is 2. The summed E-state index contributed by atoms with van der Waals surface area (Å²) in [7, 11) is 1.55. The lowest BCUT2D eigenvalue weighted by molar-refractivity contribution is -0.143. The van der Waals surface area contributed by atoms with Crippen LogP contribution in [0, 0.1) is 5.82 Å². The highest BCUT2D eigenvalue weighted by Crippen LogP contribution is 2.16. The zero-order valence-electron chi connectivity index (χ0n) is 13.7. The highest BCUT2D eigenvalue weighted by atomic mass is 19.1. The average Bonchev–Trinajstić information content (AvgIpc) is 2.63. The van der Waals surface area contributed by atoms with Crippen molar-refractivity contribution in [3.8, 4) is 5.75 Å². The van der Waals surface area contributed by atoms with Crippen LogP contribution in [0.2, 0.25) is 0 Å². The van der Waals surface area contributed by atoms with Crippen molar-refractivity contribution in [3.63, 3.8) is 0 Å². The molecule has 0 aromatic heterocycles. The van der Waals surface area contributed by atoms with Crippen molar-refractivity contribution in [1.82, 2.24) is 5.32 Å². The van der Waals surface area contributed by atoms with Crippen molar-refractivity contribution < 1.29 is 23.5 Å². The van der Waals surface area contributed by atoms with Gasteiger partial charge in [-0.15, -0.1) is 0 Å². The Morgan fingerprint density at radius 1 is 1.16 bits per heavy atom. The van der Waals surface area contributed by atoms with Crippen molar-refractivity contribution in [2.24, 2.45) is 0 Å². The summed E-state index contributed by atoms with van der Waals surface area (Å²) in [6.07, 6.45) is 2.56. The van der Waals surface area contributed by atoms with Gasteiger partial charge in [-0.05, 0) is 29.8 Å². The highest BCUT2D eigenvalue weighted by molar-refractivity contribution is 5.89. The fourth-order valence-electron chi connectivity index (χ4n) is 2.05. The highest BCUT2D eigenvalue weighted by Gasteiger charge is 2.07. The second-order valence-corrected chi connectivity index (χ2v) is 5.08. The zero-order chi connectivity index (χ0) is 18.1. The molecule has 0 saturated carbocycles.